The molecule has 0 aliphatic heterocycles. The Labute approximate surface area is 123 Å². The van der Waals surface area contributed by atoms with Crippen molar-refractivity contribution in [3.63, 3.8) is 0 Å². The number of hydrogen-bond donors (Lipinski definition) is 2. The number of nitrogens with two attached hydrogens (primary N) is 1. The Kier molecular flexibility index (Phi) is 5.96. The average Bonchev–Trinajstić information content (AvgIpc) is 2.44. The zero-order valence-corrected chi connectivity index (χ0v) is 12.3. The van der Waals surface area contributed by atoms with Crippen molar-refractivity contribution in [3.05, 3.63) is 40.7 Å². The van der Waals surface area contributed by atoms with Crippen LogP contribution in [-0.2, 0) is 9.53 Å². The lowest BCUT2D eigenvalue weighted by molar-refractivity contribution is -0.138. The molecule has 0 saturated heterocycles. The molecule has 1 aromatic carbocycles. The number of nitriles is 1. The van der Waals surface area contributed by atoms with E-state index in [0.29, 0.717) is 0 Å². The number of hydrogen-bond acceptors (Lipinski definition) is 5. The number of carbonyl (C=O) groups is 1. The number of anilines is 1. The van der Waals surface area contributed by atoms with Gasteiger partial charge in [0.15, 0.2) is 11.4 Å². The van der Waals surface area contributed by atoms with Crippen LogP contribution in [0, 0.1) is 25.2 Å². The molecule has 6 heteroatoms. The topological polar surface area (TPSA) is 100 Å². The number of aliphatic imine (C=N–C) groups is 1. The lowest BCUT2D eigenvalue weighted by Crippen LogP contribution is -2.13. The maximum atomic E-state index is 11.8. The zero-order valence-electron chi connectivity index (χ0n) is 12.3. The van der Waals surface area contributed by atoms with Crippen LogP contribution in [0.3, 0.4) is 0 Å². The normalized spacial score (nSPS) is 11.7. The number of aryl methyl sites for hydroxylation is 2. The van der Waals surface area contributed by atoms with Crippen molar-refractivity contribution < 1.29 is 9.53 Å². The second kappa shape index (κ2) is 7.70. The second-order valence-corrected chi connectivity index (χ2v) is 4.28. The van der Waals surface area contributed by atoms with E-state index in [-0.39, 0.29) is 18.0 Å². The standard InChI is InChI=1S/C15H18N4O2/c1-4-21-15(20)12(8-16)14(18-9-17)19-13-7-10(2)5-6-11(13)3/h5-7,9,19H,4H2,1-3H3,(H2,17,18)/b14-12+. The number of nitrogens with one attached hydrogen (secondary N) is 1. The van der Waals surface area contributed by atoms with E-state index in [4.69, 9.17) is 15.7 Å². The lowest BCUT2D eigenvalue weighted by atomic mass is 10.1. The van der Waals surface area contributed by atoms with E-state index in [1.807, 2.05) is 32.0 Å². The van der Waals surface area contributed by atoms with E-state index in [9.17, 15) is 4.79 Å². The van der Waals surface area contributed by atoms with Crippen molar-refractivity contribution in [1.29, 1.82) is 5.26 Å². The molecule has 0 amide bonds. The number of rotatable bonds is 5. The molecule has 0 aromatic heterocycles. The van der Waals surface area contributed by atoms with Crippen LogP contribution in [0.25, 0.3) is 0 Å². The third kappa shape index (κ3) is 4.35. The van der Waals surface area contributed by atoms with Gasteiger partial charge in [-0.2, -0.15) is 5.26 Å². The molecule has 1 aromatic rings. The second-order valence-electron chi connectivity index (χ2n) is 4.28. The van der Waals surface area contributed by atoms with E-state index in [1.54, 1.807) is 13.0 Å². The molecule has 0 unspecified atom stereocenters. The van der Waals surface area contributed by atoms with E-state index in [2.05, 4.69) is 10.3 Å². The molecule has 0 aliphatic rings. The minimum atomic E-state index is -0.738. The van der Waals surface area contributed by atoms with Gasteiger partial charge in [0.1, 0.15) is 6.07 Å². The molecule has 0 atom stereocenters. The summed E-state index contributed by atoms with van der Waals surface area (Å²) in [4.78, 5) is 15.6. The van der Waals surface area contributed by atoms with Crippen molar-refractivity contribution in [2.75, 3.05) is 11.9 Å². The van der Waals surface area contributed by atoms with Crippen LogP contribution in [0.15, 0.2) is 34.6 Å². The third-order valence-corrected chi connectivity index (χ3v) is 2.68. The first-order chi connectivity index (χ1) is 10.0. The van der Waals surface area contributed by atoms with Gasteiger partial charge in [0.05, 0.1) is 12.9 Å². The maximum absolute atomic E-state index is 11.8. The Hall–Kier alpha value is -2.81. The van der Waals surface area contributed by atoms with E-state index in [0.717, 1.165) is 23.2 Å². The van der Waals surface area contributed by atoms with Crippen molar-refractivity contribution in [2.24, 2.45) is 10.7 Å². The van der Waals surface area contributed by atoms with Crippen LogP contribution in [0.1, 0.15) is 18.1 Å². The van der Waals surface area contributed by atoms with Gasteiger partial charge in [-0.05, 0) is 38.0 Å². The van der Waals surface area contributed by atoms with Gasteiger partial charge in [-0.3, -0.25) is 0 Å². The van der Waals surface area contributed by atoms with Gasteiger partial charge < -0.3 is 15.8 Å². The zero-order chi connectivity index (χ0) is 15.8. The SMILES string of the molecule is CCOC(=O)/C(C#N)=C(\N=C\N)Nc1cc(C)ccc1C. The number of esters is 1. The van der Waals surface area contributed by atoms with Crippen LogP contribution in [0.4, 0.5) is 5.69 Å². The van der Waals surface area contributed by atoms with Gasteiger partial charge >= 0.3 is 5.97 Å². The highest BCUT2D eigenvalue weighted by Crippen LogP contribution is 2.20. The van der Waals surface area contributed by atoms with Crippen molar-refractivity contribution >= 4 is 18.0 Å². The van der Waals surface area contributed by atoms with Crippen LogP contribution in [-0.4, -0.2) is 18.9 Å². The number of benzene rings is 1. The summed E-state index contributed by atoms with van der Waals surface area (Å²) in [5, 5.41) is 12.1. The number of nitrogens with zero attached hydrogens (tertiary/aromatic N) is 2. The van der Waals surface area contributed by atoms with Crippen LogP contribution in [0.5, 0.6) is 0 Å². The van der Waals surface area contributed by atoms with Crippen molar-refractivity contribution in [2.45, 2.75) is 20.8 Å². The molecule has 0 aliphatic carbocycles. The van der Waals surface area contributed by atoms with Crippen molar-refractivity contribution in [3.8, 4) is 6.07 Å². The molecule has 0 heterocycles. The first-order valence-corrected chi connectivity index (χ1v) is 6.43. The Morgan fingerprint density at radius 1 is 1.52 bits per heavy atom. The van der Waals surface area contributed by atoms with Gasteiger partial charge in [-0.25, -0.2) is 9.79 Å². The monoisotopic (exact) mass is 286 g/mol. The van der Waals surface area contributed by atoms with E-state index >= 15 is 0 Å². The summed E-state index contributed by atoms with van der Waals surface area (Å²) in [6.07, 6.45) is 1.02. The Morgan fingerprint density at radius 2 is 2.24 bits per heavy atom. The third-order valence-electron chi connectivity index (χ3n) is 2.68. The molecular weight excluding hydrogens is 268 g/mol. The highest BCUT2D eigenvalue weighted by molar-refractivity contribution is 5.94. The predicted octanol–water partition coefficient (Wildman–Crippen LogP) is 2.00. The van der Waals surface area contributed by atoms with Crippen molar-refractivity contribution in [1.82, 2.24) is 0 Å². The largest absolute Gasteiger partial charge is 0.462 e. The fourth-order valence-electron chi connectivity index (χ4n) is 1.63. The smallest absolute Gasteiger partial charge is 0.352 e. The fourth-order valence-corrected chi connectivity index (χ4v) is 1.63. The van der Waals surface area contributed by atoms with E-state index in [1.165, 1.54) is 0 Å². The molecule has 6 nitrogen and oxygen atoms in total. The highest BCUT2D eigenvalue weighted by atomic mass is 16.5. The molecule has 21 heavy (non-hydrogen) atoms. The molecule has 1 rings (SSSR count). The predicted molar refractivity (Wildman–Crippen MR) is 81.5 cm³/mol. The lowest BCUT2D eigenvalue weighted by Gasteiger charge is -2.12. The summed E-state index contributed by atoms with van der Waals surface area (Å²) >= 11 is 0. The molecule has 3 N–H and O–H groups in total. The Morgan fingerprint density at radius 3 is 2.81 bits per heavy atom. The first-order valence-electron chi connectivity index (χ1n) is 6.43. The summed E-state index contributed by atoms with van der Waals surface area (Å²) in [6.45, 7) is 5.68. The molecule has 0 spiro atoms. The van der Waals surface area contributed by atoms with Gasteiger partial charge in [-0.1, -0.05) is 12.1 Å². The van der Waals surface area contributed by atoms with Gasteiger partial charge in [0, 0.05) is 5.69 Å². The fraction of sp³-hybridized carbons (Fsp3) is 0.267. The Balaban J connectivity index is 3.26. The highest BCUT2D eigenvalue weighted by Gasteiger charge is 2.17. The molecular formula is C15H18N4O2. The molecule has 0 fully saturated rings. The molecule has 0 bridgehead atoms. The quantitative estimate of drug-likeness (QED) is 0.283. The van der Waals surface area contributed by atoms with Crippen LogP contribution in [0.2, 0.25) is 0 Å². The maximum Gasteiger partial charge on any atom is 0.352 e. The average molecular weight is 286 g/mol. The first kappa shape index (κ1) is 16.2. The molecule has 0 radical (unpaired) electrons. The summed E-state index contributed by atoms with van der Waals surface area (Å²) in [5.41, 5.74) is 7.80. The van der Waals surface area contributed by atoms with Crippen LogP contribution >= 0.6 is 0 Å². The Bertz CT molecular complexity index is 627. The van der Waals surface area contributed by atoms with Crippen LogP contribution < -0.4 is 11.1 Å². The summed E-state index contributed by atoms with van der Waals surface area (Å²) in [5.74, 6) is -0.675. The van der Waals surface area contributed by atoms with Gasteiger partial charge in [-0.15, -0.1) is 0 Å². The molecule has 110 valence electrons. The minimum Gasteiger partial charge on any atom is -0.462 e. The summed E-state index contributed by atoms with van der Waals surface area (Å²) in [7, 11) is 0. The van der Waals surface area contributed by atoms with E-state index < -0.39 is 5.97 Å². The summed E-state index contributed by atoms with van der Waals surface area (Å²) < 4.78 is 4.84. The van der Waals surface area contributed by atoms with Gasteiger partial charge in [0.25, 0.3) is 0 Å². The summed E-state index contributed by atoms with van der Waals surface area (Å²) in [6, 6.07) is 7.58. The molecule has 0 saturated carbocycles. The number of carbonyl (C=O) groups excluding carboxylic acids is 1. The number of ether oxygens (including phenoxy) is 1. The van der Waals surface area contributed by atoms with Gasteiger partial charge in [0.2, 0.25) is 0 Å². The minimum absolute atomic E-state index is 0.0622.